The third kappa shape index (κ3) is 3.80. The summed E-state index contributed by atoms with van der Waals surface area (Å²) in [6.45, 7) is 4.57. The maximum absolute atomic E-state index is 13.1. The van der Waals surface area contributed by atoms with Crippen molar-refractivity contribution in [3.05, 3.63) is 50.3 Å². The van der Waals surface area contributed by atoms with Gasteiger partial charge in [0.05, 0.1) is 17.0 Å². The second-order valence-corrected chi connectivity index (χ2v) is 10.8. The van der Waals surface area contributed by atoms with E-state index in [1.807, 2.05) is 34.6 Å². The molecule has 0 saturated carbocycles. The van der Waals surface area contributed by atoms with Crippen LogP contribution in [-0.4, -0.2) is 53.1 Å². The van der Waals surface area contributed by atoms with Crippen molar-refractivity contribution in [3.63, 3.8) is 0 Å². The fraction of sp³-hybridized carbons (Fsp3) is 0.579. The van der Waals surface area contributed by atoms with E-state index in [4.69, 9.17) is 0 Å². The molecule has 2 aliphatic rings. The molecule has 7 nitrogen and oxygen atoms in total. The zero-order chi connectivity index (χ0) is 19.9. The largest absolute Gasteiger partial charge is 0.312 e. The van der Waals surface area contributed by atoms with Crippen LogP contribution in [-0.2, 0) is 29.7 Å². The number of rotatable bonds is 6. The average molecular weight is 423 g/mol. The van der Waals surface area contributed by atoms with Crippen molar-refractivity contribution in [1.29, 1.82) is 0 Å². The predicted octanol–water partition coefficient (Wildman–Crippen LogP) is 1.71. The Balaban J connectivity index is 1.55. The van der Waals surface area contributed by atoms with Crippen molar-refractivity contribution in [1.82, 2.24) is 18.8 Å². The number of aromatic nitrogens is 2. The molecule has 2 aromatic heterocycles. The van der Waals surface area contributed by atoms with E-state index in [2.05, 4.69) is 9.88 Å². The average Bonchev–Trinajstić information content (AvgIpc) is 3.17. The van der Waals surface area contributed by atoms with Crippen LogP contribution in [0.15, 0.2) is 27.8 Å². The van der Waals surface area contributed by atoms with Crippen molar-refractivity contribution in [2.45, 2.75) is 38.9 Å². The topological polar surface area (TPSA) is 75.5 Å². The van der Waals surface area contributed by atoms with Gasteiger partial charge in [-0.3, -0.25) is 9.69 Å². The lowest BCUT2D eigenvalue weighted by Gasteiger charge is -2.42. The molecule has 1 fully saturated rings. The summed E-state index contributed by atoms with van der Waals surface area (Å²) in [5, 5.41) is 2.02. The molecule has 9 heteroatoms. The van der Waals surface area contributed by atoms with Crippen LogP contribution >= 0.6 is 11.3 Å². The van der Waals surface area contributed by atoms with Crippen LogP contribution in [0.3, 0.4) is 0 Å². The molecule has 2 atom stereocenters. The molecule has 28 heavy (non-hydrogen) atoms. The van der Waals surface area contributed by atoms with E-state index in [1.165, 1.54) is 0 Å². The molecule has 0 radical (unpaired) electrons. The number of thiazole rings is 1. The van der Waals surface area contributed by atoms with E-state index in [1.54, 1.807) is 22.6 Å². The van der Waals surface area contributed by atoms with Gasteiger partial charge in [-0.15, -0.1) is 11.3 Å². The van der Waals surface area contributed by atoms with Crippen molar-refractivity contribution >= 4 is 21.4 Å². The maximum Gasteiger partial charge on any atom is 0.255 e. The molecule has 4 heterocycles. The molecular formula is C19H26N4O3S2. The predicted molar refractivity (Wildman–Crippen MR) is 110 cm³/mol. The van der Waals surface area contributed by atoms with Crippen LogP contribution in [0.2, 0.25) is 0 Å². The van der Waals surface area contributed by atoms with Gasteiger partial charge in [-0.2, -0.15) is 0 Å². The Kier molecular flexibility index (Phi) is 5.43. The van der Waals surface area contributed by atoms with Crippen LogP contribution in [0.5, 0.6) is 0 Å². The number of piperidine rings is 1. The summed E-state index contributed by atoms with van der Waals surface area (Å²) in [5.41, 5.74) is 4.64. The molecular weight excluding hydrogens is 396 g/mol. The SMILES string of the molecule is CCS(=O)(=O)N1C[C@@H]2C[C@H](C1)c1ccc(CN(C)Cc3cscn3)c(=O)n1C2. The van der Waals surface area contributed by atoms with Gasteiger partial charge in [-0.05, 0) is 32.4 Å². The van der Waals surface area contributed by atoms with Crippen LogP contribution in [0.25, 0.3) is 0 Å². The minimum Gasteiger partial charge on any atom is -0.312 e. The van der Waals surface area contributed by atoms with Crippen LogP contribution in [0.4, 0.5) is 0 Å². The summed E-state index contributed by atoms with van der Waals surface area (Å²) < 4.78 is 28.1. The lowest BCUT2D eigenvalue weighted by Crippen LogP contribution is -2.49. The summed E-state index contributed by atoms with van der Waals surface area (Å²) in [6, 6.07) is 3.94. The number of hydrogen-bond donors (Lipinski definition) is 0. The summed E-state index contributed by atoms with van der Waals surface area (Å²) in [5.74, 6) is 0.431. The Morgan fingerprint density at radius 1 is 1.25 bits per heavy atom. The highest BCUT2D eigenvalue weighted by Crippen LogP contribution is 2.36. The van der Waals surface area contributed by atoms with Crippen LogP contribution < -0.4 is 5.56 Å². The van der Waals surface area contributed by atoms with Gasteiger partial charge >= 0.3 is 0 Å². The fourth-order valence-electron chi connectivity index (χ4n) is 4.42. The Morgan fingerprint density at radius 3 is 2.79 bits per heavy atom. The Labute approximate surface area is 169 Å². The lowest BCUT2D eigenvalue weighted by molar-refractivity contribution is 0.185. The molecule has 152 valence electrons. The first kappa shape index (κ1) is 19.8. The number of sulfonamides is 1. The Morgan fingerprint density at radius 2 is 2.07 bits per heavy atom. The van der Waals surface area contributed by atoms with E-state index >= 15 is 0 Å². The molecule has 0 aliphatic carbocycles. The van der Waals surface area contributed by atoms with E-state index in [0.29, 0.717) is 32.7 Å². The van der Waals surface area contributed by atoms with Crippen molar-refractivity contribution in [3.8, 4) is 0 Å². The normalized spacial score (nSPS) is 22.4. The zero-order valence-electron chi connectivity index (χ0n) is 16.2. The van der Waals surface area contributed by atoms with Gasteiger partial charge in [0.25, 0.3) is 5.56 Å². The third-order valence-electron chi connectivity index (χ3n) is 5.76. The first-order valence-electron chi connectivity index (χ1n) is 9.63. The molecule has 0 N–H and O–H groups in total. The molecule has 2 aliphatic heterocycles. The molecule has 0 amide bonds. The quantitative estimate of drug-likeness (QED) is 0.708. The van der Waals surface area contributed by atoms with E-state index in [-0.39, 0.29) is 23.1 Å². The fourth-order valence-corrected chi connectivity index (χ4v) is 6.18. The van der Waals surface area contributed by atoms with Gasteiger partial charge in [-0.25, -0.2) is 17.7 Å². The summed E-state index contributed by atoms with van der Waals surface area (Å²) >= 11 is 1.57. The van der Waals surface area contributed by atoms with Crippen LogP contribution in [0.1, 0.15) is 36.2 Å². The number of hydrogen-bond acceptors (Lipinski definition) is 6. The summed E-state index contributed by atoms with van der Waals surface area (Å²) in [7, 11) is -1.20. The minimum absolute atomic E-state index is 0.0594. The van der Waals surface area contributed by atoms with Crippen molar-refractivity contribution in [2.75, 3.05) is 25.9 Å². The molecule has 0 spiro atoms. The first-order valence-corrected chi connectivity index (χ1v) is 12.2. The summed E-state index contributed by atoms with van der Waals surface area (Å²) in [6.07, 6.45) is 0.957. The highest BCUT2D eigenvalue weighted by molar-refractivity contribution is 7.89. The third-order valence-corrected chi connectivity index (χ3v) is 8.21. The van der Waals surface area contributed by atoms with Gasteiger partial charge in [-0.1, -0.05) is 6.07 Å². The molecule has 0 aromatic carbocycles. The van der Waals surface area contributed by atoms with Gasteiger partial charge < -0.3 is 4.57 Å². The summed E-state index contributed by atoms with van der Waals surface area (Å²) in [4.78, 5) is 19.5. The maximum atomic E-state index is 13.1. The standard InChI is InChI=1S/C19H26N4O3S2/c1-3-28(25,26)22-7-14-6-16(10-22)18-5-4-15(19(24)23(18)8-14)9-21(2)11-17-12-27-13-20-17/h4-5,12-14,16H,3,6-11H2,1-2H3/t14-,16+/m0/s1. The second-order valence-electron chi connectivity index (χ2n) is 7.87. The van der Waals surface area contributed by atoms with Gasteiger partial charge in [0.15, 0.2) is 0 Å². The highest BCUT2D eigenvalue weighted by Gasteiger charge is 2.38. The molecule has 1 saturated heterocycles. The minimum atomic E-state index is -3.19. The van der Waals surface area contributed by atoms with E-state index in [9.17, 15) is 13.2 Å². The molecule has 4 rings (SSSR count). The number of nitrogens with zero attached hydrogens (tertiary/aromatic N) is 4. The second kappa shape index (κ2) is 7.70. The van der Waals surface area contributed by atoms with Crippen LogP contribution in [0, 0.1) is 5.92 Å². The van der Waals surface area contributed by atoms with E-state index < -0.39 is 10.0 Å². The molecule has 2 aromatic rings. The Hall–Kier alpha value is -1.55. The zero-order valence-corrected chi connectivity index (χ0v) is 17.9. The molecule has 0 unspecified atom stereocenters. The van der Waals surface area contributed by atoms with Crippen molar-refractivity contribution in [2.24, 2.45) is 5.92 Å². The first-order chi connectivity index (χ1) is 13.4. The lowest BCUT2D eigenvalue weighted by atomic mass is 9.84. The smallest absolute Gasteiger partial charge is 0.255 e. The van der Waals surface area contributed by atoms with Crippen molar-refractivity contribution < 1.29 is 8.42 Å². The van der Waals surface area contributed by atoms with Gasteiger partial charge in [0.1, 0.15) is 0 Å². The molecule has 2 bridgehead atoms. The van der Waals surface area contributed by atoms with Gasteiger partial charge in [0.2, 0.25) is 10.0 Å². The number of fused-ring (bicyclic) bond motifs is 4. The monoisotopic (exact) mass is 422 g/mol. The number of pyridine rings is 1. The Bertz CT molecular complexity index is 1000. The van der Waals surface area contributed by atoms with Gasteiger partial charge in [0, 0.05) is 55.3 Å². The van der Waals surface area contributed by atoms with E-state index in [0.717, 1.165) is 23.4 Å². The highest BCUT2D eigenvalue weighted by atomic mass is 32.2.